The smallest absolute Gasteiger partial charge is 0.224 e. The minimum Gasteiger partial charge on any atom is -0.351 e. The Morgan fingerprint density at radius 2 is 2.00 bits per heavy atom. The molecule has 1 saturated carbocycles. The monoisotopic (exact) mass is 473 g/mol. The normalized spacial score (nSPS) is 20.5. The van der Waals surface area contributed by atoms with Gasteiger partial charge in [-0.05, 0) is 80.0 Å². The summed E-state index contributed by atoms with van der Waals surface area (Å²) in [5, 5.41) is 7.24. The van der Waals surface area contributed by atoms with E-state index in [2.05, 4.69) is 55.5 Å². The quantitative estimate of drug-likeness (QED) is 0.441. The van der Waals surface area contributed by atoms with Crippen LogP contribution in [0.1, 0.15) is 74.1 Å². The zero-order chi connectivity index (χ0) is 23.7. The zero-order valence-electron chi connectivity index (χ0n) is 19.7. The van der Waals surface area contributed by atoms with Crippen molar-refractivity contribution >= 4 is 34.6 Å². The predicted octanol–water partition coefficient (Wildman–Crippen LogP) is 5.83. The van der Waals surface area contributed by atoms with Gasteiger partial charge in [0.25, 0.3) is 0 Å². The Kier molecular flexibility index (Phi) is 6.37. The van der Waals surface area contributed by atoms with Gasteiger partial charge >= 0.3 is 0 Å². The van der Waals surface area contributed by atoms with Crippen LogP contribution >= 0.6 is 12.2 Å². The molecular weight excluding hydrogens is 442 g/mol. The molecule has 3 heterocycles. The molecule has 0 bridgehead atoms. The van der Waals surface area contributed by atoms with Gasteiger partial charge < -0.3 is 20.1 Å². The van der Waals surface area contributed by atoms with Crippen molar-refractivity contribution < 1.29 is 4.79 Å². The molecule has 1 aliphatic heterocycles. The van der Waals surface area contributed by atoms with E-state index in [1.807, 2.05) is 44.3 Å². The summed E-state index contributed by atoms with van der Waals surface area (Å²) in [6.07, 6.45) is 9.49. The van der Waals surface area contributed by atoms with Gasteiger partial charge in [-0.15, -0.1) is 0 Å². The van der Waals surface area contributed by atoms with Crippen LogP contribution in [0.15, 0.2) is 60.9 Å². The zero-order valence-corrected chi connectivity index (χ0v) is 20.5. The summed E-state index contributed by atoms with van der Waals surface area (Å²) in [5.41, 5.74) is 5.07. The Morgan fingerprint density at radius 1 is 1.18 bits per heavy atom. The molecule has 3 aromatic rings. The van der Waals surface area contributed by atoms with E-state index in [0.717, 1.165) is 22.6 Å². The first kappa shape index (κ1) is 22.6. The maximum atomic E-state index is 11.9. The van der Waals surface area contributed by atoms with Crippen LogP contribution in [0.5, 0.6) is 0 Å². The van der Waals surface area contributed by atoms with Crippen molar-refractivity contribution in [3.8, 4) is 0 Å². The fourth-order valence-corrected chi connectivity index (χ4v) is 5.63. The van der Waals surface area contributed by atoms with Crippen molar-refractivity contribution in [2.24, 2.45) is 0 Å². The van der Waals surface area contributed by atoms with Crippen molar-refractivity contribution in [1.82, 2.24) is 14.9 Å². The van der Waals surface area contributed by atoms with Crippen LogP contribution in [0.25, 0.3) is 0 Å². The summed E-state index contributed by atoms with van der Waals surface area (Å²) >= 11 is 5.90. The summed E-state index contributed by atoms with van der Waals surface area (Å²) in [7, 11) is 0. The number of carbonyl (C=O) groups excluding carboxylic acids is 1. The van der Waals surface area contributed by atoms with E-state index in [1.165, 1.54) is 31.4 Å². The van der Waals surface area contributed by atoms with Gasteiger partial charge in [-0.1, -0.05) is 25.8 Å². The van der Waals surface area contributed by atoms with Gasteiger partial charge in [0.05, 0.1) is 11.7 Å². The first-order chi connectivity index (χ1) is 16.6. The molecule has 2 N–H and O–H groups in total. The molecule has 176 valence electrons. The molecule has 2 aromatic heterocycles. The van der Waals surface area contributed by atoms with Gasteiger partial charge in [-0.3, -0.25) is 9.78 Å². The van der Waals surface area contributed by atoms with Crippen LogP contribution < -0.4 is 15.5 Å². The molecule has 1 saturated heterocycles. The number of nitrogens with one attached hydrogen (secondary N) is 2. The largest absolute Gasteiger partial charge is 0.351 e. The third-order valence-electron chi connectivity index (χ3n) is 7.01. The maximum Gasteiger partial charge on any atom is 0.224 e. The highest BCUT2D eigenvalue weighted by Crippen LogP contribution is 2.44. The molecular formula is C27H31N5OS. The molecule has 0 unspecified atom stereocenters. The molecule has 34 heavy (non-hydrogen) atoms. The number of anilines is 2. The summed E-state index contributed by atoms with van der Waals surface area (Å²) in [5.74, 6) is 0.0108. The highest BCUT2D eigenvalue weighted by atomic mass is 32.1. The molecule has 1 aliphatic carbocycles. The van der Waals surface area contributed by atoms with Crippen LogP contribution in [-0.2, 0) is 4.79 Å². The maximum absolute atomic E-state index is 11.9. The number of amides is 1. The second-order valence-corrected chi connectivity index (χ2v) is 9.56. The molecule has 5 rings (SSSR count). The van der Waals surface area contributed by atoms with Crippen LogP contribution in [0.3, 0.4) is 0 Å². The van der Waals surface area contributed by atoms with Crippen molar-refractivity contribution in [3.63, 3.8) is 0 Å². The topological polar surface area (TPSA) is 62.2 Å². The first-order valence-corrected chi connectivity index (χ1v) is 12.6. The lowest BCUT2D eigenvalue weighted by atomic mass is 10.00. The lowest BCUT2D eigenvalue weighted by Gasteiger charge is -2.30. The molecule has 6 nitrogen and oxygen atoms in total. The van der Waals surface area contributed by atoms with Crippen molar-refractivity contribution in [2.45, 2.75) is 64.1 Å². The number of nitrogens with zero attached hydrogens (tertiary/aromatic N) is 3. The third-order valence-corrected chi connectivity index (χ3v) is 7.33. The number of carbonyl (C=O) groups is 1. The fourth-order valence-electron chi connectivity index (χ4n) is 5.28. The molecule has 2 atom stereocenters. The van der Waals surface area contributed by atoms with Crippen LogP contribution in [-0.4, -0.2) is 20.6 Å². The Bertz CT molecular complexity index is 1180. The average Bonchev–Trinajstić information content (AvgIpc) is 3.60. The number of hydrogen-bond donors (Lipinski definition) is 2. The van der Waals surface area contributed by atoms with Gasteiger partial charge in [-0.2, -0.15) is 0 Å². The minimum atomic E-state index is -0.0662. The summed E-state index contributed by atoms with van der Waals surface area (Å²) in [6.45, 7) is 3.88. The highest BCUT2D eigenvalue weighted by molar-refractivity contribution is 7.80. The first-order valence-electron chi connectivity index (χ1n) is 12.1. The minimum absolute atomic E-state index is 0.0108. The van der Waals surface area contributed by atoms with Crippen LogP contribution in [0.2, 0.25) is 0 Å². The van der Waals surface area contributed by atoms with Gasteiger partial charge in [0.2, 0.25) is 5.91 Å². The number of benzene rings is 1. The van der Waals surface area contributed by atoms with E-state index in [0.29, 0.717) is 17.6 Å². The lowest BCUT2D eigenvalue weighted by molar-refractivity contribution is -0.115. The van der Waals surface area contributed by atoms with Gasteiger partial charge in [-0.25, -0.2) is 0 Å². The Hall–Kier alpha value is -3.19. The second-order valence-electron chi connectivity index (χ2n) is 9.18. The van der Waals surface area contributed by atoms with Crippen LogP contribution in [0, 0.1) is 6.92 Å². The molecule has 1 aromatic carbocycles. The fraction of sp³-hybridized carbons (Fsp3) is 0.370. The van der Waals surface area contributed by atoms with Crippen molar-refractivity contribution in [1.29, 1.82) is 0 Å². The molecule has 0 spiro atoms. The highest BCUT2D eigenvalue weighted by Gasteiger charge is 2.42. The molecule has 1 amide bonds. The van der Waals surface area contributed by atoms with Crippen molar-refractivity contribution in [2.75, 3.05) is 10.2 Å². The van der Waals surface area contributed by atoms with E-state index in [9.17, 15) is 4.79 Å². The number of aromatic nitrogens is 2. The standard InChI is InChI=1S/C27H31N5OS/c1-3-24(33)29-21-14-13-20(17-18(21)2)32-26(23-12-8-16-31(23)19-9-4-5-10-19)25(30-27(32)34)22-11-6-7-15-28-22/h6-8,11-17,19,25-26H,3-5,9-10H2,1-2H3,(H,29,33)(H,30,34)/t25-,26-/m1/s1. The van der Waals surface area contributed by atoms with E-state index < -0.39 is 0 Å². The predicted molar refractivity (Wildman–Crippen MR) is 140 cm³/mol. The number of thiocarbonyl (C=S) groups is 1. The second kappa shape index (κ2) is 9.58. The van der Waals surface area contributed by atoms with E-state index in [1.54, 1.807) is 0 Å². The molecule has 2 fully saturated rings. The Labute approximate surface area is 206 Å². The van der Waals surface area contributed by atoms with Gasteiger partial charge in [0, 0.05) is 41.9 Å². The Morgan fingerprint density at radius 3 is 2.71 bits per heavy atom. The summed E-state index contributed by atoms with van der Waals surface area (Å²) < 4.78 is 2.46. The number of rotatable bonds is 6. The molecule has 0 radical (unpaired) electrons. The number of aryl methyl sites for hydroxylation is 1. The Balaban J connectivity index is 1.57. The van der Waals surface area contributed by atoms with Gasteiger partial charge in [0.15, 0.2) is 5.11 Å². The van der Waals surface area contributed by atoms with Crippen molar-refractivity contribution in [3.05, 3.63) is 77.9 Å². The molecule has 2 aliphatic rings. The van der Waals surface area contributed by atoms with E-state index in [-0.39, 0.29) is 18.0 Å². The number of hydrogen-bond acceptors (Lipinski definition) is 3. The van der Waals surface area contributed by atoms with Gasteiger partial charge in [0.1, 0.15) is 6.04 Å². The SMILES string of the molecule is CCC(=O)Nc1ccc(N2C(=S)N[C@H](c3ccccn3)[C@H]2c2cccn2C2CCCC2)cc1C. The third kappa shape index (κ3) is 4.20. The summed E-state index contributed by atoms with van der Waals surface area (Å²) in [6, 6.07) is 17.0. The van der Waals surface area contributed by atoms with E-state index >= 15 is 0 Å². The summed E-state index contributed by atoms with van der Waals surface area (Å²) in [4.78, 5) is 18.8. The average molecular weight is 474 g/mol. The van der Waals surface area contributed by atoms with E-state index in [4.69, 9.17) is 12.2 Å². The number of pyridine rings is 1. The van der Waals surface area contributed by atoms with Crippen LogP contribution in [0.4, 0.5) is 11.4 Å². The molecule has 7 heteroatoms. The lowest BCUT2D eigenvalue weighted by Crippen LogP contribution is -2.30.